The van der Waals surface area contributed by atoms with Gasteiger partial charge >= 0.3 is 0 Å². The van der Waals surface area contributed by atoms with Gasteiger partial charge in [-0.1, -0.05) is 0 Å². The van der Waals surface area contributed by atoms with Gasteiger partial charge in [0.15, 0.2) is 11.6 Å². The van der Waals surface area contributed by atoms with Crippen molar-refractivity contribution in [3.05, 3.63) is 30.0 Å². The molecule has 0 amide bonds. The number of hydrogen-bond acceptors (Lipinski definition) is 4. The summed E-state index contributed by atoms with van der Waals surface area (Å²) in [5, 5.41) is 9.16. The molecule has 0 bridgehead atoms. The first-order chi connectivity index (χ1) is 9.69. The lowest BCUT2D eigenvalue weighted by Crippen LogP contribution is -2.42. The average Bonchev–Trinajstić information content (AvgIpc) is 2.37. The van der Waals surface area contributed by atoms with E-state index in [2.05, 4.69) is 9.97 Å². The fraction of sp³-hybridized carbons (Fsp3) is 0.429. The Labute approximate surface area is 115 Å². The van der Waals surface area contributed by atoms with E-state index in [4.69, 9.17) is 5.11 Å². The van der Waals surface area contributed by atoms with Crippen LogP contribution >= 0.6 is 0 Å². The van der Waals surface area contributed by atoms with Crippen LogP contribution in [0.2, 0.25) is 0 Å². The van der Waals surface area contributed by atoms with Crippen LogP contribution in [0.5, 0.6) is 0 Å². The number of nitrogens with zero attached hydrogens (tertiary/aromatic N) is 3. The molecule has 0 radical (unpaired) electrons. The standard InChI is InChI=1S/C14H15F2N3O/c15-10-6-12-13(7-11(10)16)18-14(8-17-12)19(4-5-20)9-2-1-3-9/h6-9,20H,1-5H2. The van der Waals surface area contributed by atoms with Crippen molar-refractivity contribution < 1.29 is 13.9 Å². The van der Waals surface area contributed by atoms with Gasteiger partial charge in [0, 0.05) is 24.7 Å². The van der Waals surface area contributed by atoms with Crippen LogP contribution in [0.4, 0.5) is 14.6 Å². The Morgan fingerprint density at radius 1 is 1.20 bits per heavy atom. The van der Waals surface area contributed by atoms with Gasteiger partial charge in [0.2, 0.25) is 0 Å². The number of anilines is 1. The minimum Gasteiger partial charge on any atom is -0.395 e. The topological polar surface area (TPSA) is 49.2 Å². The van der Waals surface area contributed by atoms with Crippen LogP contribution in [0.1, 0.15) is 19.3 Å². The summed E-state index contributed by atoms with van der Waals surface area (Å²) in [6.07, 6.45) is 4.82. The van der Waals surface area contributed by atoms with Crippen LogP contribution in [0.3, 0.4) is 0 Å². The van der Waals surface area contributed by atoms with E-state index in [-0.39, 0.29) is 6.61 Å². The number of hydrogen-bond donors (Lipinski definition) is 1. The Morgan fingerprint density at radius 2 is 1.90 bits per heavy atom. The number of aromatic nitrogens is 2. The van der Waals surface area contributed by atoms with Crippen molar-refractivity contribution in [1.82, 2.24) is 9.97 Å². The van der Waals surface area contributed by atoms with Crippen molar-refractivity contribution in [1.29, 1.82) is 0 Å². The van der Waals surface area contributed by atoms with Gasteiger partial charge in [-0.15, -0.1) is 0 Å². The lowest BCUT2D eigenvalue weighted by atomic mass is 9.91. The first-order valence-electron chi connectivity index (χ1n) is 6.68. The summed E-state index contributed by atoms with van der Waals surface area (Å²) in [6.45, 7) is 0.489. The highest BCUT2D eigenvalue weighted by Gasteiger charge is 2.26. The van der Waals surface area contributed by atoms with Crippen molar-refractivity contribution in [2.24, 2.45) is 0 Å². The van der Waals surface area contributed by atoms with E-state index in [0.717, 1.165) is 31.4 Å². The van der Waals surface area contributed by atoms with Crippen molar-refractivity contribution in [3.8, 4) is 0 Å². The van der Waals surface area contributed by atoms with Crippen LogP contribution in [0, 0.1) is 11.6 Å². The molecular weight excluding hydrogens is 264 g/mol. The second-order valence-corrected chi connectivity index (χ2v) is 4.98. The second kappa shape index (κ2) is 5.28. The van der Waals surface area contributed by atoms with Crippen molar-refractivity contribution in [3.63, 3.8) is 0 Å². The van der Waals surface area contributed by atoms with Crippen LogP contribution in [-0.2, 0) is 0 Å². The fourth-order valence-electron chi connectivity index (χ4n) is 2.43. The molecule has 1 aromatic carbocycles. The molecule has 106 valence electrons. The van der Waals surface area contributed by atoms with Gasteiger partial charge in [-0.05, 0) is 19.3 Å². The molecule has 1 aliphatic rings. The molecule has 20 heavy (non-hydrogen) atoms. The molecule has 1 aromatic heterocycles. The molecule has 4 nitrogen and oxygen atoms in total. The largest absolute Gasteiger partial charge is 0.395 e. The van der Waals surface area contributed by atoms with E-state index in [9.17, 15) is 8.78 Å². The highest BCUT2D eigenvalue weighted by atomic mass is 19.2. The predicted molar refractivity (Wildman–Crippen MR) is 71.5 cm³/mol. The second-order valence-electron chi connectivity index (χ2n) is 4.98. The third kappa shape index (κ3) is 2.31. The zero-order valence-electron chi connectivity index (χ0n) is 10.9. The molecule has 6 heteroatoms. The Hall–Kier alpha value is -1.82. The molecular formula is C14H15F2N3O. The minimum atomic E-state index is -0.929. The SMILES string of the molecule is OCCN(c1cnc2cc(F)c(F)cc2n1)C1CCC1. The third-order valence-corrected chi connectivity index (χ3v) is 3.72. The van der Waals surface area contributed by atoms with E-state index in [1.165, 1.54) is 0 Å². The van der Waals surface area contributed by atoms with E-state index in [1.54, 1.807) is 6.20 Å². The molecule has 2 aromatic rings. The van der Waals surface area contributed by atoms with Gasteiger partial charge in [0.25, 0.3) is 0 Å². The Balaban J connectivity index is 1.99. The van der Waals surface area contributed by atoms with Crippen molar-refractivity contribution in [2.75, 3.05) is 18.1 Å². The number of fused-ring (bicyclic) bond motifs is 1. The molecule has 0 unspecified atom stereocenters. The number of benzene rings is 1. The Kier molecular flexibility index (Phi) is 3.48. The maximum atomic E-state index is 13.3. The highest BCUT2D eigenvalue weighted by Crippen LogP contribution is 2.29. The lowest BCUT2D eigenvalue weighted by Gasteiger charge is -2.37. The fourth-order valence-corrected chi connectivity index (χ4v) is 2.43. The highest BCUT2D eigenvalue weighted by molar-refractivity contribution is 5.75. The van der Waals surface area contributed by atoms with Crippen LogP contribution < -0.4 is 4.90 Å². The average molecular weight is 279 g/mol. The normalized spacial score (nSPS) is 15.3. The van der Waals surface area contributed by atoms with Gasteiger partial charge in [-0.25, -0.2) is 13.8 Å². The number of aliphatic hydroxyl groups excluding tert-OH is 1. The first kappa shape index (κ1) is 13.2. The zero-order valence-corrected chi connectivity index (χ0v) is 10.9. The third-order valence-electron chi connectivity index (χ3n) is 3.72. The molecule has 0 atom stereocenters. The molecule has 1 heterocycles. The van der Waals surface area contributed by atoms with Gasteiger partial charge < -0.3 is 10.0 Å². The van der Waals surface area contributed by atoms with Crippen molar-refractivity contribution in [2.45, 2.75) is 25.3 Å². The monoisotopic (exact) mass is 279 g/mol. The molecule has 1 aliphatic carbocycles. The summed E-state index contributed by atoms with van der Waals surface area (Å²) < 4.78 is 26.4. The lowest BCUT2D eigenvalue weighted by molar-refractivity contribution is 0.283. The zero-order chi connectivity index (χ0) is 14.1. The summed E-state index contributed by atoms with van der Waals surface area (Å²) in [6, 6.07) is 2.44. The molecule has 0 saturated heterocycles. The van der Waals surface area contributed by atoms with Gasteiger partial charge in [0.1, 0.15) is 5.82 Å². The summed E-state index contributed by atoms with van der Waals surface area (Å²) in [7, 11) is 0. The molecule has 1 saturated carbocycles. The minimum absolute atomic E-state index is 0.0218. The molecule has 1 N–H and O–H groups in total. The van der Waals surface area contributed by atoms with E-state index in [0.29, 0.717) is 29.4 Å². The summed E-state index contributed by atoms with van der Waals surface area (Å²) >= 11 is 0. The van der Waals surface area contributed by atoms with Gasteiger partial charge in [0.05, 0.1) is 23.8 Å². The molecule has 1 fully saturated rings. The number of halogens is 2. The summed E-state index contributed by atoms with van der Waals surface area (Å²) in [4.78, 5) is 10.5. The van der Waals surface area contributed by atoms with E-state index < -0.39 is 11.6 Å². The molecule has 3 rings (SSSR count). The predicted octanol–water partition coefficient (Wildman–Crippen LogP) is 2.26. The Morgan fingerprint density at radius 3 is 2.50 bits per heavy atom. The van der Waals surface area contributed by atoms with Gasteiger partial charge in [-0.3, -0.25) is 4.98 Å². The summed E-state index contributed by atoms with van der Waals surface area (Å²) in [5.41, 5.74) is 0.647. The van der Waals surface area contributed by atoms with E-state index in [1.807, 2.05) is 4.90 Å². The van der Waals surface area contributed by atoms with Crippen LogP contribution in [0.15, 0.2) is 18.3 Å². The Bertz CT molecular complexity index is 631. The van der Waals surface area contributed by atoms with Crippen LogP contribution in [0.25, 0.3) is 11.0 Å². The first-order valence-corrected chi connectivity index (χ1v) is 6.68. The van der Waals surface area contributed by atoms with Gasteiger partial charge in [-0.2, -0.15) is 0 Å². The smallest absolute Gasteiger partial charge is 0.161 e. The number of aliphatic hydroxyl groups is 1. The van der Waals surface area contributed by atoms with E-state index >= 15 is 0 Å². The number of rotatable bonds is 4. The molecule has 0 spiro atoms. The quantitative estimate of drug-likeness (QED) is 0.932. The van der Waals surface area contributed by atoms with Crippen molar-refractivity contribution >= 4 is 16.9 Å². The maximum absolute atomic E-state index is 13.3. The maximum Gasteiger partial charge on any atom is 0.161 e. The van der Waals surface area contributed by atoms with Crippen LogP contribution in [-0.4, -0.2) is 34.3 Å². The summed E-state index contributed by atoms with van der Waals surface area (Å²) in [5.74, 6) is -1.26. The molecule has 0 aliphatic heterocycles.